The average molecular weight is 707 g/mol. The average Bonchev–Trinajstić information content (AvgIpc) is 3.72. The number of amides is 2. The van der Waals surface area contributed by atoms with Crippen molar-refractivity contribution in [2.24, 2.45) is 0 Å². The molecule has 0 aliphatic carbocycles. The fourth-order valence-corrected chi connectivity index (χ4v) is 6.64. The zero-order valence-electron chi connectivity index (χ0n) is 27.1. The number of hydrogen-bond donors (Lipinski definition) is 4. The number of benzene rings is 1. The SMILES string of the molecule is COc1cc(C(=O)Nc2cccc(-c3nccc(-c4ccc(CNC[C@@H]5CCC(=O)N5)c(OC)n4)c3Cl)c2Cl)ncc1CN1CC[C@@H](O)C1. The molecule has 49 heavy (non-hydrogen) atoms. The number of aliphatic hydroxyl groups excluding tert-OH is 1. The highest BCUT2D eigenvalue weighted by Crippen LogP contribution is 2.40. The number of aliphatic hydroxyl groups is 1. The van der Waals surface area contributed by atoms with Crippen LogP contribution >= 0.6 is 23.2 Å². The molecule has 14 heteroatoms. The molecule has 2 atom stereocenters. The van der Waals surface area contributed by atoms with E-state index in [1.807, 2.05) is 12.1 Å². The maximum atomic E-state index is 13.3. The van der Waals surface area contributed by atoms with Crippen molar-refractivity contribution in [1.82, 2.24) is 30.5 Å². The summed E-state index contributed by atoms with van der Waals surface area (Å²) in [5.41, 5.74) is 4.35. The van der Waals surface area contributed by atoms with Gasteiger partial charge in [-0.05, 0) is 31.0 Å². The van der Waals surface area contributed by atoms with Crippen molar-refractivity contribution in [3.05, 3.63) is 81.7 Å². The quantitative estimate of drug-likeness (QED) is 0.163. The molecule has 2 saturated heterocycles. The Hall–Kier alpha value is -4.33. The lowest BCUT2D eigenvalue weighted by Gasteiger charge is -2.17. The van der Waals surface area contributed by atoms with Crippen molar-refractivity contribution >= 4 is 40.7 Å². The molecule has 3 aromatic heterocycles. The molecular weight excluding hydrogens is 669 g/mol. The van der Waals surface area contributed by atoms with Crippen LogP contribution in [-0.2, 0) is 17.9 Å². The molecule has 0 spiro atoms. The predicted molar refractivity (Wildman–Crippen MR) is 187 cm³/mol. The van der Waals surface area contributed by atoms with E-state index < -0.39 is 5.91 Å². The first-order valence-corrected chi connectivity index (χ1v) is 16.7. The Morgan fingerprint density at radius 2 is 1.92 bits per heavy atom. The van der Waals surface area contributed by atoms with E-state index in [1.165, 1.54) is 0 Å². The minimum atomic E-state index is -0.466. The van der Waals surface area contributed by atoms with E-state index in [2.05, 4.69) is 30.8 Å². The molecule has 6 rings (SSSR count). The number of carbonyl (C=O) groups is 2. The van der Waals surface area contributed by atoms with Crippen LogP contribution in [0.25, 0.3) is 22.5 Å². The number of hydrogen-bond acceptors (Lipinski definition) is 10. The summed E-state index contributed by atoms with van der Waals surface area (Å²) in [5, 5.41) is 19.6. The van der Waals surface area contributed by atoms with Crippen molar-refractivity contribution in [1.29, 1.82) is 0 Å². The minimum absolute atomic E-state index is 0.0812. The zero-order chi connectivity index (χ0) is 34.5. The van der Waals surface area contributed by atoms with E-state index in [-0.39, 0.29) is 28.8 Å². The van der Waals surface area contributed by atoms with Crippen LogP contribution in [0.2, 0.25) is 10.0 Å². The van der Waals surface area contributed by atoms with E-state index >= 15 is 0 Å². The summed E-state index contributed by atoms with van der Waals surface area (Å²) in [6.07, 6.45) is 5.00. The number of rotatable bonds is 12. The van der Waals surface area contributed by atoms with Gasteiger partial charge in [0.1, 0.15) is 11.4 Å². The smallest absolute Gasteiger partial charge is 0.274 e. The second kappa shape index (κ2) is 15.5. The highest BCUT2D eigenvalue weighted by atomic mass is 35.5. The minimum Gasteiger partial charge on any atom is -0.496 e. The number of halogens is 2. The van der Waals surface area contributed by atoms with Crippen molar-refractivity contribution in [2.75, 3.05) is 39.2 Å². The van der Waals surface area contributed by atoms with Gasteiger partial charge in [-0.15, -0.1) is 0 Å². The summed E-state index contributed by atoms with van der Waals surface area (Å²) < 4.78 is 11.2. The Labute approximate surface area is 294 Å². The van der Waals surface area contributed by atoms with Gasteiger partial charge in [-0.1, -0.05) is 41.4 Å². The largest absolute Gasteiger partial charge is 0.496 e. The molecule has 2 amide bonds. The molecule has 0 bridgehead atoms. The second-order valence-electron chi connectivity index (χ2n) is 12.0. The number of anilines is 1. The predicted octanol–water partition coefficient (Wildman–Crippen LogP) is 4.72. The normalized spacial score (nSPS) is 17.6. The third kappa shape index (κ3) is 7.95. The Bertz CT molecular complexity index is 1860. The molecule has 2 aliphatic heterocycles. The summed E-state index contributed by atoms with van der Waals surface area (Å²) in [7, 11) is 3.11. The third-order valence-electron chi connectivity index (χ3n) is 8.63. The number of pyridine rings is 3. The van der Waals surface area contributed by atoms with Crippen LogP contribution in [0.1, 0.15) is 40.9 Å². The molecule has 5 heterocycles. The Balaban J connectivity index is 1.18. The van der Waals surface area contributed by atoms with Gasteiger partial charge in [-0.2, -0.15) is 0 Å². The molecule has 1 aromatic carbocycles. The lowest BCUT2D eigenvalue weighted by atomic mass is 10.1. The fourth-order valence-electron chi connectivity index (χ4n) is 6.06. The van der Waals surface area contributed by atoms with E-state index in [4.69, 9.17) is 37.7 Å². The summed E-state index contributed by atoms with van der Waals surface area (Å²) in [4.78, 5) is 40.5. The summed E-state index contributed by atoms with van der Waals surface area (Å²) in [6.45, 7) is 3.09. The standard InChI is InChI=1S/C35H37Cl2N7O5/c1-48-29-14-28(40-16-21(29)18-44-13-11-23(45)19-44)34(47)42-27-5-3-4-25(31(27)36)33-32(37)24(10-12-39-33)26-8-6-20(35(43-26)49-2)15-38-17-22-7-9-30(46)41-22/h3-6,8,10,12,14,16,22-23,38,45H,7,9,11,13,15,17-19H2,1-2H3,(H,41,46)(H,42,47)/t22-,23+/m0/s1. The first-order valence-electron chi connectivity index (χ1n) is 16.0. The monoisotopic (exact) mass is 705 g/mol. The Kier molecular flexibility index (Phi) is 10.9. The molecular formula is C35H37Cl2N7O5. The van der Waals surface area contributed by atoms with Crippen molar-refractivity contribution in [3.8, 4) is 34.1 Å². The number of carbonyl (C=O) groups excluding carboxylic acids is 2. The van der Waals surface area contributed by atoms with Gasteiger partial charge in [0.2, 0.25) is 11.8 Å². The van der Waals surface area contributed by atoms with E-state index in [9.17, 15) is 14.7 Å². The molecule has 2 fully saturated rings. The second-order valence-corrected chi connectivity index (χ2v) is 12.8. The van der Waals surface area contributed by atoms with E-state index in [0.717, 1.165) is 30.5 Å². The maximum Gasteiger partial charge on any atom is 0.274 e. The van der Waals surface area contributed by atoms with Gasteiger partial charge < -0.3 is 30.5 Å². The molecule has 256 valence electrons. The number of nitrogens with zero attached hydrogens (tertiary/aromatic N) is 4. The summed E-state index contributed by atoms with van der Waals surface area (Å²) >= 11 is 13.8. The van der Waals surface area contributed by atoms with Gasteiger partial charge >= 0.3 is 0 Å². The first kappa shape index (κ1) is 34.5. The molecule has 2 aliphatic rings. The molecule has 4 aromatic rings. The van der Waals surface area contributed by atoms with Crippen molar-refractivity contribution in [2.45, 2.75) is 44.5 Å². The highest BCUT2D eigenvalue weighted by Gasteiger charge is 2.24. The van der Waals surface area contributed by atoms with Gasteiger partial charge in [0, 0.05) is 85.9 Å². The van der Waals surface area contributed by atoms with Crippen LogP contribution < -0.4 is 25.4 Å². The van der Waals surface area contributed by atoms with Crippen LogP contribution in [0, 0.1) is 0 Å². The van der Waals surface area contributed by atoms with Crippen LogP contribution in [0.5, 0.6) is 11.6 Å². The topological polar surface area (TPSA) is 151 Å². The van der Waals surface area contributed by atoms with Crippen LogP contribution in [0.3, 0.4) is 0 Å². The number of ether oxygens (including phenoxy) is 2. The number of methoxy groups -OCH3 is 2. The van der Waals surface area contributed by atoms with Crippen LogP contribution in [0.15, 0.2) is 54.9 Å². The van der Waals surface area contributed by atoms with E-state index in [1.54, 1.807) is 56.9 Å². The van der Waals surface area contributed by atoms with Gasteiger partial charge in [0.15, 0.2) is 0 Å². The molecule has 0 radical (unpaired) electrons. The molecule has 12 nitrogen and oxygen atoms in total. The zero-order valence-corrected chi connectivity index (χ0v) is 28.6. The lowest BCUT2D eigenvalue weighted by Crippen LogP contribution is -2.35. The summed E-state index contributed by atoms with van der Waals surface area (Å²) in [5.74, 6) is 0.596. The van der Waals surface area contributed by atoms with Gasteiger partial charge in [-0.3, -0.25) is 24.5 Å². The maximum absolute atomic E-state index is 13.3. The molecule has 0 saturated carbocycles. The van der Waals surface area contributed by atoms with Crippen molar-refractivity contribution < 1.29 is 24.2 Å². The molecule has 0 unspecified atom stereocenters. The number of nitrogens with one attached hydrogen (secondary N) is 3. The Morgan fingerprint density at radius 3 is 2.65 bits per heavy atom. The fraction of sp³-hybridized carbons (Fsp3) is 0.343. The van der Waals surface area contributed by atoms with E-state index in [0.29, 0.717) is 77.5 Å². The van der Waals surface area contributed by atoms with Crippen LogP contribution in [0.4, 0.5) is 5.69 Å². The van der Waals surface area contributed by atoms with Gasteiger partial charge in [0.05, 0.1) is 47.4 Å². The molecule has 4 N–H and O–H groups in total. The van der Waals surface area contributed by atoms with Gasteiger partial charge in [0.25, 0.3) is 5.91 Å². The van der Waals surface area contributed by atoms with Crippen molar-refractivity contribution in [3.63, 3.8) is 0 Å². The third-order valence-corrected chi connectivity index (χ3v) is 9.42. The highest BCUT2D eigenvalue weighted by molar-refractivity contribution is 6.39. The summed E-state index contributed by atoms with van der Waals surface area (Å²) in [6, 6.07) is 12.5. The first-order chi connectivity index (χ1) is 23.7. The van der Waals surface area contributed by atoms with Gasteiger partial charge in [-0.25, -0.2) is 4.98 Å². The van der Waals surface area contributed by atoms with Crippen LogP contribution in [-0.4, -0.2) is 82.8 Å². The lowest BCUT2D eigenvalue weighted by molar-refractivity contribution is -0.119. The number of aromatic nitrogens is 3. The number of β-amino-alcohol motifs (C(OH)–C–C–N with tert-alkyl or cyclic N) is 1. The Morgan fingerprint density at radius 1 is 1.06 bits per heavy atom. The number of likely N-dealkylation sites (tertiary alicyclic amines) is 1.